The number of hydrogen-bond donors (Lipinski definition) is 1. The van der Waals surface area contributed by atoms with Crippen LogP contribution in [-0.2, 0) is 16.0 Å². The second-order valence-corrected chi connectivity index (χ2v) is 6.13. The Hall–Kier alpha value is -0.810. The van der Waals surface area contributed by atoms with Crippen LogP contribution in [0.4, 0.5) is 0 Å². The number of carbonyl (C=O) groups is 1. The van der Waals surface area contributed by atoms with E-state index >= 15 is 0 Å². The summed E-state index contributed by atoms with van der Waals surface area (Å²) in [7, 11) is 0. The van der Waals surface area contributed by atoms with Crippen molar-refractivity contribution >= 4 is 29.1 Å². The molecule has 1 aliphatic rings. The normalized spacial score (nSPS) is 19.5. The summed E-state index contributed by atoms with van der Waals surface area (Å²) in [5, 5.41) is 4.14. The van der Waals surface area contributed by atoms with Crippen LogP contribution in [0.3, 0.4) is 0 Å². The Kier molecular flexibility index (Phi) is 6.30. The predicted molar refractivity (Wildman–Crippen MR) is 85.0 cm³/mol. The standard InChI is InChI=1S/C15H20Cl2N2O2/c1-11(20)18-9-15-10-19(4-5-21-15)3-2-12-6-13(16)8-14(17)7-12/h6-8,15H,2-5,9-10H2,1H3,(H,18,20). The maximum absolute atomic E-state index is 10.9. The molecule has 2 rings (SSSR count). The molecule has 0 aliphatic carbocycles. The summed E-state index contributed by atoms with van der Waals surface area (Å²) in [6.45, 7) is 5.44. The molecule has 0 saturated carbocycles. The van der Waals surface area contributed by atoms with Crippen LogP contribution in [0.25, 0.3) is 0 Å². The summed E-state index contributed by atoms with van der Waals surface area (Å²) >= 11 is 12.0. The molecule has 1 aromatic rings. The van der Waals surface area contributed by atoms with Gasteiger partial charge < -0.3 is 10.1 Å². The van der Waals surface area contributed by atoms with E-state index in [1.54, 1.807) is 6.07 Å². The van der Waals surface area contributed by atoms with Crippen molar-refractivity contribution in [3.05, 3.63) is 33.8 Å². The van der Waals surface area contributed by atoms with Gasteiger partial charge in [0.15, 0.2) is 0 Å². The maximum Gasteiger partial charge on any atom is 0.216 e. The molecule has 0 radical (unpaired) electrons. The molecule has 1 atom stereocenters. The van der Waals surface area contributed by atoms with Crippen molar-refractivity contribution in [2.75, 3.05) is 32.8 Å². The zero-order valence-electron chi connectivity index (χ0n) is 12.1. The molecule has 6 heteroatoms. The van der Waals surface area contributed by atoms with Crippen molar-refractivity contribution in [1.29, 1.82) is 0 Å². The highest BCUT2D eigenvalue weighted by atomic mass is 35.5. The lowest BCUT2D eigenvalue weighted by molar-refractivity contribution is -0.120. The molecular weight excluding hydrogens is 311 g/mol. The van der Waals surface area contributed by atoms with Gasteiger partial charge in [-0.25, -0.2) is 0 Å². The van der Waals surface area contributed by atoms with Crippen LogP contribution in [0.15, 0.2) is 18.2 Å². The lowest BCUT2D eigenvalue weighted by Gasteiger charge is -2.33. The molecule has 1 amide bonds. The Balaban J connectivity index is 1.81. The van der Waals surface area contributed by atoms with Gasteiger partial charge in [0.05, 0.1) is 12.7 Å². The van der Waals surface area contributed by atoms with Gasteiger partial charge in [0.25, 0.3) is 0 Å². The minimum absolute atomic E-state index is 0.0238. The molecule has 0 bridgehead atoms. The monoisotopic (exact) mass is 330 g/mol. The number of carbonyl (C=O) groups excluding carboxylic acids is 1. The summed E-state index contributed by atoms with van der Waals surface area (Å²) in [5.74, 6) is -0.0238. The molecule has 1 aliphatic heterocycles. The number of halogens is 2. The Morgan fingerprint density at radius 2 is 2.10 bits per heavy atom. The topological polar surface area (TPSA) is 41.6 Å². The molecule has 1 aromatic carbocycles. The third-order valence-electron chi connectivity index (χ3n) is 3.44. The van der Waals surface area contributed by atoms with Gasteiger partial charge in [-0.1, -0.05) is 23.2 Å². The minimum Gasteiger partial charge on any atom is -0.374 e. The molecule has 1 fully saturated rings. The molecular formula is C15H20Cl2N2O2. The van der Waals surface area contributed by atoms with Gasteiger partial charge in [-0.3, -0.25) is 9.69 Å². The lowest BCUT2D eigenvalue weighted by atomic mass is 10.1. The number of nitrogens with zero attached hydrogens (tertiary/aromatic N) is 1. The largest absolute Gasteiger partial charge is 0.374 e. The molecule has 1 N–H and O–H groups in total. The Bertz CT molecular complexity index is 476. The second kappa shape index (κ2) is 7.99. The molecule has 4 nitrogen and oxygen atoms in total. The molecule has 1 saturated heterocycles. The van der Waals surface area contributed by atoms with Gasteiger partial charge in [0.2, 0.25) is 5.91 Å². The highest BCUT2D eigenvalue weighted by molar-refractivity contribution is 6.34. The zero-order chi connectivity index (χ0) is 15.2. The molecule has 1 unspecified atom stereocenters. The number of morpholine rings is 1. The lowest BCUT2D eigenvalue weighted by Crippen LogP contribution is -2.47. The van der Waals surface area contributed by atoms with E-state index in [0.717, 1.165) is 31.6 Å². The summed E-state index contributed by atoms with van der Waals surface area (Å²) in [6.07, 6.45) is 0.957. The van der Waals surface area contributed by atoms with Gasteiger partial charge in [0, 0.05) is 43.1 Å². The second-order valence-electron chi connectivity index (χ2n) is 5.26. The van der Waals surface area contributed by atoms with E-state index in [9.17, 15) is 4.79 Å². The fourth-order valence-electron chi connectivity index (χ4n) is 2.41. The van der Waals surface area contributed by atoms with Crippen molar-refractivity contribution in [2.24, 2.45) is 0 Å². The number of ether oxygens (including phenoxy) is 1. The van der Waals surface area contributed by atoms with E-state index in [-0.39, 0.29) is 12.0 Å². The van der Waals surface area contributed by atoms with Gasteiger partial charge in [-0.05, 0) is 30.2 Å². The smallest absolute Gasteiger partial charge is 0.216 e. The van der Waals surface area contributed by atoms with Gasteiger partial charge in [0.1, 0.15) is 0 Å². The number of nitrogens with one attached hydrogen (secondary N) is 1. The van der Waals surface area contributed by atoms with E-state index < -0.39 is 0 Å². The van der Waals surface area contributed by atoms with Crippen LogP contribution in [0.5, 0.6) is 0 Å². The number of rotatable bonds is 5. The fraction of sp³-hybridized carbons (Fsp3) is 0.533. The van der Waals surface area contributed by atoms with Crippen LogP contribution in [-0.4, -0.2) is 49.7 Å². The van der Waals surface area contributed by atoms with E-state index in [0.29, 0.717) is 23.2 Å². The van der Waals surface area contributed by atoms with Gasteiger partial charge in [-0.2, -0.15) is 0 Å². The Morgan fingerprint density at radius 3 is 2.76 bits per heavy atom. The highest BCUT2D eigenvalue weighted by Gasteiger charge is 2.20. The summed E-state index contributed by atoms with van der Waals surface area (Å²) in [5.41, 5.74) is 1.14. The average molecular weight is 331 g/mol. The molecule has 116 valence electrons. The van der Waals surface area contributed by atoms with Crippen LogP contribution in [0, 0.1) is 0 Å². The molecule has 0 aromatic heterocycles. The van der Waals surface area contributed by atoms with Crippen molar-refractivity contribution < 1.29 is 9.53 Å². The van der Waals surface area contributed by atoms with E-state index in [2.05, 4.69) is 10.2 Å². The Morgan fingerprint density at radius 1 is 1.38 bits per heavy atom. The summed E-state index contributed by atoms with van der Waals surface area (Å²) < 4.78 is 5.65. The van der Waals surface area contributed by atoms with E-state index in [1.807, 2.05) is 12.1 Å². The number of amides is 1. The zero-order valence-corrected chi connectivity index (χ0v) is 13.6. The quantitative estimate of drug-likeness (QED) is 0.901. The van der Waals surface area contributed by atoms with E-state index in [4.69, 9.17) is 27.9 Å². The first-order valence-corrected chi connectivity index (χ1v) is 7.82. The van der Waals surface area contributed by atoms with Crippen LogP contribution >= 0.6 is 23.2 Å². The van der Waals surface area contributed by atoms with E-state index in [1.165, 1.54) is 6.92 Å². The molecule has 0 spiro atoms. The predicted octanol–water partition coefficient (Wildman–Crippen LogP) is 2.37. The first-order chi connectivity index (χ1) is 10.0. The van der Waals surface area contributed by atoms with Gasteiger partial charge in [-0.15, -0.1) is 0 Å². The first kappa shape index (κ1) is 16.6. The minimum atomic E-state index is -0.0238. The van der Waals surface area contributed by atoms with Crippen LogP contribution in [0.1, 0.15) is 12.5 Å². The third-order valence-corrected chi connectivity index (χ3v) is 3.88. The fourth-order valence-corrected chi connectivity index (χ4v) is 2.98. The van der Waals surface area contributed by atoms with Crippen molar-refractivity contribution in [3.8, 4) is 0 Å². The van der Waals surface area contributed by atoms with Crippen molar-refractivity contribution in [3.63, 3.8) is 0 Å². The van der Waals surface area contributed by atoms with Crippen molar-refractivity contribution in [2.45, 2.75) is 19.4 Å². The average Bonchev–Trinajstić information content (AvgIpc) is 2.42. The molecule has 1 heterocycles. The summed E-state index contributed by atoms with van der Waals surface area (Å²) in [4.78, 5) is 13.3. The van der Waals surface area contributed by atoms with Gasteiger partial charge >= 0.3 is 0 Å². The maximum atomic E-state index is 10.9. The first-order valence-electron chi connectivity index (χ1n) is 7.06. The number of benzene rings is 1. The Labute approximate surface area is 135 Å². The SMILES string of the molecule is CC(=O)NCC1CN(CCc2cc(Cl)cc(Cl)c2)CCO1. The molecule has 21 heavy (non-hydrogen) atoms. The summed E-state index contributed by atoms with van der Waals surface area (Å²) in [6, 6.07) is 5.64. The van der Waals surface area contributed by atoms with Crippen LogP contribution < -0.4 is 5.32 Å². The van der Waals surface area contributed by atoms with Crippen LogP contribution in [0.2, 0.25) is 10.0 Å². The third kappa shape index (κ3) is 5.83. The number of hydrogen-bond acceptors (Lipinski definition) is 3. The highest BCUT2D eigenvalue weighted by Crippen LogP contribution is 2.19. The van der Waals surface area contributed by atoms with Crippen molar-refractivity contribution in [1.82, 2.24) is 10.2 Å².